The second-order valence-electron chi connectivity index (χ2n) is 7.10. The molecule has 142 valence electrons. The molecule has 1 saturated heterocycles. The van der Waals surface area contributed by atoms with Crippen LogP contribution in [0.2, 0.25) is 0 Å². The summed E-state index contributed by atoms with van der Waals surface area (Å²) < 4.78 is 5.69. The minimum Gasteiger partial charge on any atom is -0.476 e. The van der Waals surface area contributed by atoms with Crippen LogP contribution in [0.1, 0.15) is 38.7 Å². The molecule has 6 nitrogen and oxygen atoms in total. The molecule has 0 saturated carbocycles. The lowest BCUT2D eigenvalue weighted by Gasteiger charge is -2.31. The van der Waals surface area contributed by atoms with Crippen molar-refractivity contribution in [2.45, 2.75) is 45.8 Å². The number of benzene rings is 1. The Morgan fingerprint density at radius 1 is 1.37 bits per heavy atom. The van der Waals surface area contributed by atoms with E-state index in [-0.39, 0.29) is 0 Å². The van der Waals surface area contributed by atoms with Crippen LogP contribution in [-0.2, 0) is 6.54 Å². The number of nitriles is 1. The highest BCUT2D eigenvalue weighted by Gasteiger charge is 2.17. The van der Waals surface area contributed by atoms with Crippen LogP contribution in [-0.4, -0.2) is 29.2 Å². The monoisotopic (exact) mass is 365 g/mol. The maximum atomic E-state index is 9.05. The number of anilines is 2. The molecule has 0 spiro atoms. The number of piperidine rings is 1. The van der Waals surface area contributed by atoms with Gasteiger partial charge in [0.1, 0.15) is 29.8 Å². The number of ether oxygens (including phenoxy) is 1. The molecular weight excluding hydrogens is 338 g/mol. The number of rotatable bonds is 7. The molecule has 1 aliphatic rings. The summed E-state index contributed by atoms with van der Waals surface area (Å²) in [5.41, 5.74) is 1.08. The maximum Gasteiger partial charge on any atom is 0.184 e. The van der Waals surface area contributed by atoms with Crippen LogP contribution in [0.5, 0.6) is 5.75 Å². The minimum atomic E-state index is -0.412. The van der Waals surface area contributed by atoms with E-state index in [0.717, 1.165) is 30.3 Å². The topological polar surface area (TPSA) is 74.1 Å². The molecule has 2 aromatic rings. The van der Waals surface area contributed by atoms with E-state index in [1.165, 1.54) is 12.8 Å². The van der Waals surface area contributed by atoms with Gasteiger partial charge in [0.2, 0.25) is 0 Å². The summed E-state index contributed by atoms with van der Waals surface area (Å²) >= 11 is 0. The van der Waals surface area contributed by atoms with E-state index in [4.69, 9.17) is 10.00 Å². The van der Waals surface area contributed by atoms with Crippen molar-refractivity contribution < 1.29 is 4.74 Å². The van der Waals surface area contributed by atoms with Gasteiger partial charge in [0, 0.05) is 25.7 Å². The average Bonchev–Trinajstić information content (AvgIpc) is 2.71. The molecular formula is C21H27N5O. The molecule has 2 atom stereocenters. The fraction of sp³-hybridized carbons (Fsp3) is 0.476. The van der Waals surface area contributed by atoms with Crippen LogP contribution in [0.25, 0.3) is 0 Å². The molecule has 2 heterocycles. The smallest absolute Gasteiger partial charge is 0.184 e. The van der Waals surface area contributed by atoms with Crippen molar-refractivity contribution in [1.29, 1.82) is 5.26 Å². The van der Waals surface area contributed by atoms with Crippen molar-refractivity contribution in [3.05, 3.63) is 42.2 Å². The Bertz CT molecular complexity index is 788. The minimum absolute atomic E-state index is 0.412. The first kappa shape index (κ1) is 19.0. The van der Waals surface area contributed by atoms with Gasteiger partial charge < -0.3 is 15.0 Å². The van der Waals surface area contributed by atoms with E-state index in [2.05, 4.69) is 33.2 Å². The van der Waals surface area contributed by atoms with Gasteiger partial charge in [-0.15, -0.1) is 0 Å². The van der Waals surface area contributed by atoms with E-state index in [1.54, 1.807) is 6.33 Å². The Morgan fingerprint density at radius 3 is 3.04 bits per heavy atom. The molecule has 1 fully saturated rings. The molecule has 6 heteroatoms. The van der Waals surface area contributed by atoms with Gasteiger partial charge in [-0.2, -0.15) is 5.26 Å². The van der Waals surface area contributed by atoms with Crippen LogP contribution < -0.4 is 15.0 Å². The third-order valence-corrected chi connectivity index (χ3v) is 4.80. The number of nitrogens with zero attached hydrogens (tertiary/aromatic N) is 4. The summed E-state index contributed by atoms with van der Waals surface area (Å²) in [6.07, 6.45) is 4.37. The highest BCUT2D eigenvalue weighted by Crippen LogP contribution is 2.23. The molecule has 27 heavy (non-hydrogen) atoms. The Balaban J connectivity index is 1.62. The summed E-state index contributed by atoms with van der Waals surface area (Å²) in [7, 11) is 0. The van der Waals surface area contributed by atoms with E-state index in [0.29, 0.717) is 24.6 Å². The van der Waals surface area contributed by atoms with Gasteiger partial charge in [-0.1, -0.05) is 26.0 Å². The van der Waals surface area contributed by atoms with Gasteiger partial charge in [0.05, 0.1) is 0 Å². The van der Waals surface area contributed by atoms with Crippen LogP contribution in [0.4, 0.5) is 11.6 Å². The first-order valence-electron chi connectivity index (χ1n) is 9.64. The summed E-state index contributed by atoms with van der Waals surface area (Å²) in [5.74, 6) is 3.21. The summed E-state index contributed by atoms with van der Waals surface area (Å²) in [4.78, 5) is 11.1. The number of aromatic nitrogens is 2. The Kier molecular flexibility index (Phi) is 6.48. The second kappa shape index (κ2) is 9.22. The second-order valence-corrected chi connectivity index (χ2v) is 7.10. The van der Waals surface area contributed by atoms with Gasteiger partial charge in [-0.05, 0) is 42.9 Å². The fourth-order valence-electron chi connectivity index (χ4n) is 3.30. The molecule has 0 amide bonds. The van der Waals surface area contributed by atoms with Crippen molar-refractivity contribution in [2.24, 2.45) is 5.92 Å². The predicted octanol–water partition coefficient (Wildman–Crippen LogP) is 4.01. The maximum absolute atomic E-state index is 9.05. The van der Waals surface area contributed by atoms with Crippen molar-refractivity contribution in [1.82, 2.24) is 9.97 Å². The van der Waals surface area contributed by atoms with Crippen molar-refractivity contribution in [3.63, 3.8) is 0 Å². The number of hydrogen-bond acceptors (Lipinski definition) is 6. The molecule has 0 radical (unpaired) electrons. The number of nitrogens with one attached hydrogen (secondary N) is 1. The molecule has 1 aromatic heterocycles. The van der Waals surface area contributed by atoms with Crippen LogP contribution in [0, 0.1) is 17.2 Å². The van der Waals surface area contributed by atoms with Crippen LogP contribution >= 0.6 is 0 Å². The zero-order valence-electron chi connectivity index (χ0n) is 16.1. The van der Waals surface area contributed by atoms with Crippen LogP contribution in [0.3, 0.4) is 0 Å². The van der Waals surface area contributed by atoms with Gasteiger partial charge >= 0.3 is 0 Å². The lowest BCUT2D eigenvalue weighted by atomic mass is 10.0. The van der Waals surface area contributed by atoms with Gasteiger partial charge in [0.15, 0.2) is 6.10 Å². The quantitative estimate of drug-likeness (QED) is 0.799. The average molecular weight is 365 g/mol. The summed E-state index contributed by atoms with van der Waals surface area (Å²) in [5, 5.41) is 12.4. The fourth-order valence-corrected chi connectivity index (χ4v) is 3.30. The van der Waals surface area contributed by atoms with E-state index in [9.17, 15) is 0 Å². The molecule has 3 rings (SSSR count). The van der Waals surface area contributed by atoms with Gasteiger partial charge in [-0.25, -0.2) is 9.97 Å². The Hall–Kier alpha value is -2.81. The zero-order valence-corrected chi connectivity index (χ0v) is 16.1. The summed E-state index contributed by atoms with van der Waals surface area (Å²) in [6.45, 7) is 6.96. The Labute approximate surface area is 161 Å². The van der Waals surface area contributed by atoms with E-state index < -0.39 is 6.10 Å². The highest BCUT2D eigenvalue weighted by molar-refractivity contribution is 5.49. The van der Waals surface area contributed by atoms with E-state index >= 15 is 0 Å². The third kappa shape index (κ3) is 5.33. The van der Waals surface area contributed by atoms with E-state index in [1.807, 2.05) is 37.3 Å². The standard InChI is InChI=1S/C21H27N5O/c1-3-18(12-22)27-19-8-4-7-17(10-19)13-23-20-11-21(25-15-24-20)26-9-5-6-16(2)14-26/h4,7-8,10-11,15-16,18H,3,5-6,9,13-14H2,1-2H3,(H,23,24,25). The first-order valence-corrected chi connectivity index (χ1v) is 9.64. The predicted molar refractivity (Wildman–Crippen MR) is 107 cm³/mol. The third-order valence-electron chi connectivity index (χ3n) is 4.80. The Morgan fingerprint density at radius 2 is 2.26 bits per heavy atom. The van der Waals surface area contributed by atoms with Crippen molar-refractivity contribution >= 4 is 11.6 Å². The van der Waals surface area contributed by atoms with Crippen LogP contribution in [0.15, 0.2) is 36.7 Å². The molecule has 1 N–H and O–H groups in total. The molecule has 1 aromatic carbocycles. The van der Waals surface area contributed by atoms with Gasteiger partial charge in [-0.3, -0.25) is 0 Å². The van der Waals surface area contributed by atoms with Gasteiger partial charge in [0.25, 0.3) is 0 Å². The molecule has 2 unspecified atom stereocenters. The first-order chi connectivity index (χ1) is 13.2. The normalized spacial score (nSPS) is 17.8. The molecule has 0 bridgehead atoms. The summed E-state index contributed by atoms with van der Waals surface area (Å²) in [6, 6.07) is 12.0. The SMILES string of the molecule is CCC(C#N)Oc1cccc(CNc2cc(N3CCCC(C)C3)ncn2)c1. The lowest BCUT2D eigenvalue weighted by Crippen LogP contribution is -2.34. The molecule has 1 aliphatic heterocycles. The van der Waals surface area contributed by atoms with Crippen molar-refractivity contribution in [2.75, 3.05) is 23.3 Å². The highest BCUT2D eigenvalue weighted by atomic mass is 16.5. The zero-order chi connectivity index (χ0) is 19.1. The largest absolute Gasteiger partial charge is 0.476 e. The lowest BCUT2D eigenvalue weighted by molar-refractivity contribution is 0.251. The van der Waals surface area contributed by atoms with Crippen molar-refractivity contribution in [3.8, 4) is 11.8 Å². The number of hydrogen-bond donors (Lipinski definition) is 1. The molecule has 0 aliphatic carbocycles.